The summed E-state index contributed by atoms with van der Waals surface area (Å²) in [6, 6.07) is 0. The second-order valence-electron chi connectivity index (χ2n) is 6.10. The Labute approximate surface area is 137 Å². The molecule has 0 radical (unpaired) electrons. The van der Waals surface area contributed by atoms with E-state index in [2.05, 4.69) is 42.6 Å². The standard InChI is InChI=1S/C15H25FN5OP/c1-10(2)23(11(3)4)9-22-12(5-16)6-21-8-20-13-14(17)18-7-19-15(13)21/h7-8,10-12H,5-6,9H2,1-4H3,(H2,17,18,19). The summed E-state index contributed by atoms with van der Waals surface area (Å²) in [4.78, 5) is 12.3. The van der Waals surface area contributed by atoms with Gasteiger partial charge in [0.05, 0.1) is 19.2 Å². The van der Waals surface area contributed by atoms with Crippen LogP contribution >= 0.6 is 7.92 Å². The van der Waals surface area contributed by atoms with Crippen LogP contribution in [0, 0.1) is 0 Å². The number of nitrogens with two attached hydrogens (primary N) is 1. The Morgan fingerprint density at radius 1 is 1.22 bits per heavy atom. The van der Waals surface area contributed by atoms with Crippen LogP contribution in [0.1, 0.15) is 27.7 Å². The summed E-state index contributed by atoms with van der Waals surface area (Å²) >= 11 is 0. The first-order valence-corrected chi connectivity index (χ1v) is 9.45. The highest BCUT2D eigenvalue weighted by Crippen LogP contribution is 2.45. The maximum absolute atomic E-state index is 13.4. The Balaban J connectivity index is 2.05. The van der Waals surface area contributed by atoms with Crippen molar-refractivity contribution >= 4 is 24.9 Å². The van der Waals surface area contributed by atoms with Gasteiger partial charge in [-0.3, -0.25) is 0 Å². The molecule has 0 spiro atoms. The van der Waals surface area contributed by atoms with Gasteiger partial charge in [-0.1, -0.05) is 35.6 Å². The van der Waals surface area contributed by atoms with Crippen LogP contribution in [0.2, 0.25) is 0 Å². The third-order valence-electron chi connectivity index (χ3n) is 3.79. The van der Waals surface area contributed by atoms with E-state index in [0.29, 0.717) is 41.2 Å². The number of anilines is 1. The van der Waals surface area contributed by atoms with Crippen LogP contribution in [-0.4, -0.2) is 50.0 Å². The number of halogens is 1. The molecule has 0 saturated heterocycles. The third kappa shape index (κ3) is 4.36. The summed E-state index contributed by atoms with van der Waals surface area (Å²) in [6.45, 7) is 8.61. The molecule has 23 heavy (non-hydrogen) atoms. The van der Waals surface area contributed by atoms with Crippen LogP contribution in [0.5, 0.6) is 0 Å². The zero-order chi connectivity index (χ0) is 17.0. The van der Waals surface area contributed by atoms with E-state index in [0.717, 1.165) is 0 Å². The number of aromatic nitrogens is 4. The van der Waals surface area contributed by atoms with E-state index < -0.39 is 12.8 Å². The first-order chi connectivity index (χ1) is 10.9. The number of ether oxygens (including phenoxy) is 1. The minimum Gasteiger partial charge on any atom is -0.382 e. The summed E-state index contributed by atoms with van der Waals surface area (Å²) in [6.07, 6.45) is 3.10. The molecule has 0 aliphatic carbocycles. The van der Waals surface area contributed by atoms with Crippen molar-refractivity contribution in [3.05, 3.63) is 12.7 Å². The molecule has 6 nitrogen and oxygen atoms in total. The van der Waals surface area contributed by atoms with E-state index >= 15 is 0 Å². The van der Waals surface area contributed by atoms with Gasteiger partial charge >= 0.3 is 0 Å². The van der Waals surface area contributed by atoms with Crippen molar-refractivity contribution in [1.82, 2.24) is 19.5 Å². The molecule has 0 fully saturated rings. The highest BCUT2D eigenvalue weighted by Gasteiger charge is 2.20. The van der Waals surface area contributed by atoms with Crippen molar-refractivity contribution in [3.63, 3.8) is 0 Å². The van der Waals surface area contributed by atoms with E-state index in [1.54, 1.807) is 10.9 Å². The van der Waals surface area contributed by atoms with Gasteiger partial charge < -0.3 is 15.0 Å². The molecule has 2 aromatic rings. The SMILES string of the molecule is CC(C)P(COC(CF)Cn1cnc2c(N)ncnc21)C(C)C. The Kier molecular flexibility index (Phi) is 6.25. The summed E-state index contributed by atoms with van der Waals surface area (Å²) in [5.41, 5.74) is 8.04. The minimum atomic E-state index is -0.542. The molecule has 2 heterocycles. The van der Waals surface area contributed by atoms with Crippen molar-refractivity contribution in [2.75, 3.05) is 18.8 Å². The van der Waals surface area contributed by atoms with E-state index in [9.17, 15) is 4.39 Å². The van der Waals surface area contributed by atoms with Gasteiger partial charge in [0.2, 0.25) is 0 Å². The smallest absolute Gasteiger partial charge is 0.165 e. The molecule has 1 atom stereocenters. The van der Waals surface area contributed by atoms with E-state index in [1.165, 1.54) is 6.33 Å². The predicted molar refractivity (Wildman–Crippen MR) is 92.6 cm³/mol. The number of hydrogen-bond acceptors (Lipinski definition) is 5. The highest BCUT2D eigenvalue weighted by molar-refractivity contribution is 7.58. The van der Waals surface area contributed by atoms with E-state index in [4.69, 9.17) is 10.5 Å². The number of fused-ring (bicyclic) bond motifs is 1. The summed E-state index contributed by atoms with van der Waals surface area (Å²) < 4.78 is 21.0. The third-order valence-corrected chi connectivity index (χ3v) is 6.89. The fourth-order valence-electron chi connectivity index (χ4n) is 2.48. The van der Waals surface area contributed by atoms with Crippen molar-refractivity contribution in [2.45, 2.75) is 51.7 Å². The number of hydrogen-bond donors (Lipinski definition) is 1. The average Bonchev–Trinajstić information content (AvgIpc) is 2.90. The van der Waals surface area contributed by atoms with Crippen molar-refractivity contribution in [2.24, 2.45) is 0 Å². The lowest BCUT2D eigenvalue weighted by Crippen LogP contribution is -2.24. The molecule has 0 amide bonds. The van der Waals surface area contributed by atoms with Crippen LogP contribution in [-0.2, 0) is 11.3 Å². The summed E-state index contributed by atoms with van der Waals surface area (Å²) in [5, 5.41) is 0. The van der Waals surface area contributed by atoms with Gasteiger partial charge in [0.25, 0.3) is 0 Å². The molecule has 0 bridgehead atoms. The molecule has 0 aliphatic rings. The Morgan fingerprint density at radius 2 is 1.91 bits per heavy atom. The highest BCUT2D eigenvalue weighted by atomic mass is 31.1. The zero-order valence-electron chi connectivity index (χ0n) is 14.1. The number of imidazole rings is 1. The monoisotopic (exact) mass is 341 g/mol. The molecule has 0 aliphatic heterocycles. The van der Waals surface area contributed by atoms with Gasteiger partial charge in [0.15, 0.2) is 11.5 Å². The molecule has 2 aromatic heterocycles. The maximum Gasteiger partial charge on any atom is 0.165 e. The van der Waals surface area contributed by atoms with Crippen molar-refractivity contribution in [3.8, 4) is 0 Å². The first-order valence-electron chi connectivity index (χ1n) is 7.78. The first kappa shape index (κ1) is 18.0. The molecule has 128 valence electrons. The second kappa shape index (κ2) is 7.97. The number of alkyl halides is 1. The molecule has 2 N–H and O–H groups in total. The van der Waals surface area contributed by atoms with Crippen molar-refractivity contribution < 1.29 is 9.13 Å². The number of rotatable bonds is 8. The number of nitrogens with zero attached hydrogens (tertiary/aromatic N) is 4. The molecule has 2 rings (SSSR count). The predicted octanol–water partition coefficient (Wildman–Crippen LogP) is 3.02. The summed E-state index contributed by atoms with van der Waals surface area (Å²) in [7, 11) is -0.279. The molecule has 0 saturated carbocycles. The normalized spacial score (nSPS) is 13.6. The maximum atomic E-state index is 13.4. The van der Waals surface area contributed by atoms with Gasteiger partial charge in [0.1, 0.15) is 24.6 Å². The Morgan fingerprint density at radius 3 is 2.52 bits per heavy atom. The van der Waals surface area contributed by atoms with Gasteiger partial charge in [0, 0.05) is 0 Å². The molecule has 1 unspecified atom stereocenters. The van der Waals surface area contributed by atoms with Crippen LogP contribution in [0.25, 0.3) is 11.2 Å². The number of nitrogen functional groups attached to an aromatic ring is 1. The quantitative estimate of drug-likeness (QED) is 0.747. The van der Waals surface area contributed by atoms with Gasteiger partial charge in [-0.2, -0.15) is 0 Å². The molecule has 8 heteroatoms. The lowest BCUT2D eigenvalue weighted by Gasteiger charge is -2.27. The zero-order valence-corrected chi connectivity index (χ0v) is 15.0. The fraction of sp³-hybridized carbons (Fsp3) is 0.667. The fourth-order valence-corrected chi connectivity index (χ4v) is 4.66. The Hall–Kier alpha value is -1.33. The molecule has 0 aromatic carbocycles. The lowest BCUT2D eigenvalue weighted by atomic mass is 10.4. The topological polar surface area (TPSA) is 78.9 Å². The van der Waals surface area contributed by atoms with E-state index in [-0.39, 0.29) is 7.92 Å². The largest absolute Gasteiger partial charge is 0.382 e. The molecular weight excluding hydrogens is 316 g/mol. The van der Waals surface area contributed by atoms with Gasteiger partial charge in [-0.05, 0) is 11.3 Å². The van der Waals surface area contributed by atoms with Crippen molar-refractivity contribution in [1.29, 1.82) is 0 Å². The van der Waals surface area contributed by atoms with E-state index in [1.807, 2.05) is 0 Å². The van der Waals surface area contributed by atoms with Crippen LogP contribution in [0.3, 0.4) is 0 Å². The minimum absolute atomic E-state index is 0.279. The van der Waals surface area contributed by atoms with Crippen LogP contribution < -0.4 is 5.73 Å². The lowest BCUT2D eigenvalue weighted by molar-refractivity contribution is 0.0537. The second-order valence-corrected chi connectivity index (χ2v) is 9.45. The van der Waals surface area contributed by atoms with Gasteiger partial charge in [-0.25, -0.2) is 19.3 Å². The molecular formula is C15H25FN5OP. The average molecular weight is 341 g/mol. The van der Waals surface area contributed by atoms with Crippen LogP contribution in [0.4, 0.5) is 10.2 Å². The summed E-state index contributed by atoms with van der Waals surface area (Å²) in [5.74, 6) is 0.328. The van der Waals surface area contributed by atoms with Gasteiger partial charge in [-0.15, -0.1) is 0 Å². The Bertz CT molecular complexity index is 625. The van der Waals surface area contributed by atoms with Crippen LogP contribution in [0.15, 0.2) is 12.7 Å².